The Labute approximate surface area is 204 Å². The molecule has 0 saturated carbocycles. The number of amides is 1. The maximum absolute atomic E-state index is 12.8. The lowest BCUT2D eigenvalue weighted by molar-refractivity contribution is 0.0954. The molecule has 0 atom stereocenters. The van der Waals surface area contributed by atoms with Crippen molar-refractivity contribution in [2.24, 2.45) is 5.10 Å². The van der Waals surface area contributed by atoms with Crippen molar-refractivity contribution in [1.29, 1.82) is 0 Å². The van der Waals surface area contributed by atoms with Crippen LogP contribution in [0.25, 0.3) is 0 Å². The molecule has 0 radical (unpaired) electrons. The number of ether oxygens (including phenoxy) is 3. The average Bonchev–Trinajstić information content (AvgIpc) is 2.85. The standard InChI is InChI=1S/C25H26N2O7S/c1-16-6-7-17(2)24(12-16)35(29,30)34-21-10-8-18(13-22(21)32-4)15-26-27-25(28)19-9-11-20(31-3)23(14-19)33-5/h6-15H,1-5H3,(H,27,28). The van der Waals surface area contributed by atoms with Gasteiger partial charge >= 0.3 is 10.1 Å². The number of carbonyl (C=O) groups is 1. The fourth-order valence-electron chi connectivity index (χ4n) is 3.18. The van der Waals surface area contributed by atoms with Crippen molar-refractivity contribution in [3.8, 4) is 23.0 Å². The number of rotatable bonds is 9. The SMILES string of the molecule is COc1ccc(C(=O)NN=Cc2ccc(OS(=O)(=O)c3cc(C)ccc3C)c(OC)c2)cc1OC. The summed E-state index contributed by atoms with van der Waals surface area (Å²) >= 11 is 0. The Morgan fingerprint density at radius 2 is 1.49 bits per heavy atom. The Kier molecular flexibility index (Phi) is 7.98. The predicted molar refractivity (Wildman–Crippen MR) is 131 cm³/mol. The third kappa shape index (κ3) is 6.10. The van der Waals surface area contributed by atoms with E-state index in [4.69, 9.17) is 18.4 Å². The van der Waals surface area contributed by atoms with Crippen molar-refractivity contribution in [3.63, 3.8) is 0 Å². The van der Waals surface area contributed by atoms with E-state index in [0.29, 0.717) is 28.2 Å². The summed E-state index contributed by atoms with van der Waals surface area (Å²) in [6.45, 7) is 3.50. The second-order valence-corrected chi connectivity index (χ2v) is 9.00. The highest BCUT2D eigenvalue weighted by atomic mass is 32.2. The maximum Gasteiger partial charge on any atom is 0.339 e. The quantitative estimate of drug-likeness (QED) is 0.271. The van der Waals surface area contributed by atoms with Gasteiger partial charge in [-0.2, -0.15) is 13.5 Å². The van der Waals surface area contributed by atoms with Crippen LogP contribution in [-0.2, 0) is 10.1 Å². The number of nitrogens with zero attached hydrogens (tertiary/aromatic N) is 1. The van der Waals surface area contributed by atoms with Gasteiger partial charge < -0.3 is 18.4 Å². The summed E-state index contributed by atoms with van der Waals surface area (Å²) in [5.74, 6) is 0.685. The molecule has 1 N–H and O–H groups in total. The van der Waals surface area contributed by atoms with E-state index in [-0.39, 0.29) is 16.4 Å². The molecule has 1 amide bonds. The third-order valence-corrected chi connectivity index (χ3v) is 6.40. The summed E-state index contributed by atoms with van der Waals surface area (Å²) in [7, 11) is 0.307. The van der Waals surface area contributed by atoms with Crippen molar-refractivity contribution >= 4 is 22.2 Å². The second-order valence-electron chi connectivity index (χ2n) is 7.49. The molecule has 0 spiro atoms. The highest BCUT2D eigenvalue weighted by molar-refractivity contribution is 7.87. The van der Waals surface area contributed by atoms with E-state index < -0.39 is 16.0 Å². The Morgan fingerprint density at radius 1 is 0.829 bits per heavy atom. The molecule has 3 aromatic carbocycles. The molecule has 35 heavy (non-hydrogen) atoms. The van der Waals surface area contributed by atoms with Crippen molar-refractivity contribution in [2.75, 3.05) is 21.3 Å². The number of aryl methyl sites for hydroxylation is 2. The number of hydrogen-bond acceptors (Lipinski definition) is 8. The molecule has 3 rings (SSSR count). The summed E-state index contributed by atoms with van der Waals surface area (Å²) in [6, 6.07) is 14.4. The molecular formula is C25H26N2O7S. The monoisotopic (exact) mass is 498 g/mol. The van der Waals surface area contributed by atoms with Crippen LogP contribution in [0.15, 0.2) is 64.6 Å². The molecule has 0 aliphatic rings. The molecule has 0 fully saturated rings. The highest BCUT2D eigenvalue weighted by Gasteiger charge is 2.21. The van der Waals surface area contributed by atoms with Gasteiger partial charge in [0.25, 0.3) is 5.91 Å². The fraction of sp³-hybridized carbons (Fsp3) is 0.200. The summed E-state index contributed by atoms with van der Waals surface area (Å²) < 4.78 is 46.7. The minimum atomic E-state index is -4.07. The first kappa shape index (κ1) is 25.6. The van der Waals surface area contributed by atoms with Gasteiger partial charge in [0.15, 0.2) is 23.0 Å². The molecule has 0 saturated heterocycles. The molecule has 10 heteroatoms. The summed E-state index contributed by atoms with van der Waals surface area (Å²) in [4.78, 5) is 12.5. The fourth-order valence-corrected chi connectivity index (χ4v) is 4.44. The van der Waals surface area contributed by atoms with E-state index in [1.807, 2.05) is 6.07 Å². The molecule has 0 heterocycles. The van der Waals surface area contributed by atoms with Crippen LogP contribution < -0.4 is 23.8 Å². The van der Waals surface area contributed by atoms with Crippen molar-refractivity contribution in [3.05, 3.63) is 76.9 Å². The maximum atomic E-state index is 12.8. The first-order valence-corrected chi connectivity index (χ1v) is 11.8. The minimum absolute atomic E-state index is 0.0277. The summed E-state index contributed by atoms with van der Waals surface area (Å²) in [6.07, 6.45) is 1.39. The minimum Gasteiger partial charge on any atom is -0.493 e. The molecule has 9 nitrogen and oxygen atoms in total. The first-order valence-electron chi connectivity index (χ1n) is 10.4. The number of methoxy groups -OCH3 is 3. The normalized spacial score (nSPS) is 11.2. The second kappa shape index (κ2) is 10.9. The summed E-state index contributed by atoms with van der Waals surface area (Å²) in [5.41, 5.74) is 4.67. The van der Waals surface area contributed by atoms with E-state index in [1.165, 1.54) is 39.7 Å². The number of nitrogens with one attached hydrogen (secondary N) is 1. The van der Waals surface area contributed by atoms with Gasteiger partial charge in [0.2, 0.25) is 0 Å². The van der Waals surface area contributed by atoms with Gasteiger partial charge in [0.1, 0.15) is 4.90 Å². The zero-order chi connectivity index (χ0) is 25.6. The van der Waals surface area contributed by atoms with E-state index in [9.17, 15) is 13.2 Å². The molecule has 184 valence electrons. The van der Waals surface area contributed by atoms with Gasteiger partial charge in [0, 0.05) is 5.56 Å². The van der Waals surface area contributed by atoms with Crippen LogP contribution >= 0.6 is 0 Å². The van der Waals surface area contributed by atoms with Gasteiger partial charge in [-0.25, -0.2) is 5.43 Å². The lowest BCUT2D eigenvalue weighted by atomic mass is 10.2. The Balaban J connectivity index is 1.75. The molecule has 0 aromatic heterocycles. The van der Waals surface area contributed by atoms with Crippen LogP contribution in [0.1, 0.15) is 27.0 Å². The summed E-state index contributed by atoms with van der Waals surface area (Å²) in [5, 5.41) is 3.95. The largest absolute Gasteiger partial charge is 0.493 e. The van der Waals surface area contributed by atoms with Gasteiger partial charge in [-0.05, 0) is 73.0 Å². The first-order chi connectivity index (χ1) is 16.7. The van der Waals surface area contributed by atoms with E-state index in [2.05, 4.69) is 10.5 Å². The van der Waals surface area contributed by atoms with Crippen LogP contribution in [-0.4, -0.2) is 41.9 Å². The molecule has 0 unspecified atom stereocenters. The van der Waals surface area contributed by atoms with Gasteiger partial charge in [-0.15, -0.1) is 0 Å². The van der Waals surface area contributed by atoms with Crippen LogP contribution in [0, 0.1) is 13.8 Å². The molecule has 3 aromatic rings. The lowest BCUT2D eigenvalue weighted by Gasteiger charge is -2.13. The zero-order valence-corrected chi connectivity index (χ0v) is 20.8. The molecular weight excluding hydrogens is 472 g/mol. The van der Waals surface area contributed by atoms with Crippen LogP contribution in [0.5, 0.6) is 23.0 Å². The van der Waals surface area contributed by atoms with Gasteiger partial charge in [-0.1, -0.05) is 12.1 Å². The highest BCUT2D eigenvalue weighted by Crippen LogP contribution is 2.31. The molecule has 0 aliphatic carbocycles. The van der Waals surface area contributed by atoms with E-state index in [0.717, 1.165) is 5.56 Å². The van der Waals surface area contributed by atoms with Crippen LogP contribution in [0.3, 0.4) is 0 Å². The zero-order valence-electron chi connectivity index (χ0n) is 20.0. The lowest BCUT2D eigenvalue weighted by Crippen LogP contribution is -2.17. The Bertz CT molecular complexity index is 1370. The van der Waals surface area contributed by atoms with Gasteiger partial charge in [0.05, 0.1) is 27.5 Å². The number of hydrazone groups is 1. The number of benzene rings is 3. The van der Waals surface area contributed by atoms with Crippen molar-refractivity contribution in [2.45, 2.75) is 18.7 Å². The average molecular weight is 499 g/mol. The van der Waals surface area contributed by atoms with Crippen molar-refractivity contribution in [1.82, 2.24) is 5.43 Å². The topological polar surface area (TPSA) is 113 Å². The Morgan fingerprint density at radius 3 is 2.17 bits per heavy atom. The molecule has 0 aliphatic heterocycles. The number of hydrogen-bond donors (Lipinski definition) is 1. The van der Waals surface area contributed by atoms with E-state index in [1.54, 1.807) is 50.2 Å². The van der Waals surface area contributed by atoms with Gasteiger partial charge in [-0.3, -0.25) is 4.79 Å². The van der Waals surface area contributed by atoms with E-state index >= 15 is 0 Å². The smallest absolute Gasteiger partial charge is 0.339 e. The third-order valence-electron chi connectivity index (χ3n) is 5.03. The Hall–Kier alpha value is -4.05. The van der Waals surface area contributed by atoms with Crippen LogP contribution in [0.4, 0.5) is 0 Å². The van der Waals surface area contributed by atoms with Crippen LogP contribution in [0.2, 0.25) is 0 Å². The molecule has 0 bridgehead atoms. The number of carbonyl (C=O) groups excluding carboxylic acids is 1. The predicted octanol–water partition coefficient (Wildman–Crippen LogP) is 3.86. The van der Waals surface area contributed by atoms with Crippen molar-refractivity contribution < 1.29 is 31.6 Å².